The van der Waals surface area contributed by atoms with E-state index in [1.54, 1.807) is 0 Å². The Morgan fingerprint density at radius 3 is 2.32 bits per heavy atom. The lowest BCUT2D eigenvalue weighted by atomic mass is 10.0. The molecule has 2 aromatic rings. The minimum atomic E-state index is -0.804. The van der Waals surface area contributed by atoms with Crippen LogP contribution in [0, 0.1) is 3.57 Å². The van der Waals surface area contributed by atoms with Crippen molar-refractivity contribution in [2.24, 2.45) is 0 Å². The molecule has 0 radical (unpaired) electrons. The maximum atomic E-state index is 10.8. The van der Waals surface area contributed by atoms with Crippen LogP contribution in [0.2, 0.25) is 0 Å². The smallest absolute Gasteiger partial charge is 0.307 e. The van der Waals surface area contributed by atoms with Crippen LogP contribution in [-0.2, 0) is 17.8 Å². The van der Waals surface area contributed by atoms with Gasteiger partial charge in [0.25, 0.3) is 0 Å². The Hall–Kier alpha value is -1.56. The van der Waals surface area contributed by atoms with Crippen LogP contribution in [0.15, 0.2) is 48.5 Å². The lowest BCUT2D eigenvalue weighted by Crippen LogP contribution is -2.07. The quantitative estimate of drug-likeness (QED) is 0.795. The summed E-state index contributed by atoms with van der Waals surface area (Å²) in [6, 6.07) is 15.7. The minimum absolute atomic E-state index is 0.0601. The second kappa shape index (κ2) is 6.56. The first-order valence-corrected chi connectivity index (χ1v) is 7.01. The predicted molar refractivity (Wildman–Crippen MR) is 84.3 cm³/mol. The Bertz CT molecular complexity index is 567. The molecule has 98 valence electrons. The number of halogens is 1. The summed E-state index contributed by atoms with van der Waals surface area (Å²) in [5.41, 5.74) is 2.90. The van der Waals surface area contributed by atoms with Gasteiger partial charge in [0.05, 0.1) is 6.42 Å². The molecule has 2 N–H and O–H groups in total. The molecule has 0 fully saturated rings. The van der Waals surface area contributed by atoms with E-state index in [-0.39, 0.29) is 6.42 Å². The summed E-state index contributed by atoms with van der Waals surface area (Å²) in [6.45, 7) is 0.629. The molecule has 0 unspecified atom stereocenters. The molecular formula is C15H14INO2. The van der Waals surface area contributed by atoms with Gasteiger partial charge in [-0.15, -0.1) is 0 Å². The molecule has 0 aliphatic rings. The Balaban J connectivity index is 2.06. The van der Waals surface area contributed by atoms with Crippen molar-refractivity contribution >= 4 is 34.2 Å². The number of carbonyl (C=O) groups is 1. The number of carboxylic acid groups (broad SMARTS) is 1. The van der Waals surface area contributed by atoms with Crippen LogP contribution >= 0.6 is 22.6 Å². The average Bonchev–Trinajstić information content (AvgIpc) is 2.39. The number of aliphatic carboxylic acids is 1. The minimum Gasteiger partial charge on any atom is -0.481 e. The van der Waals surface area contributed by atoms with Gasteiger partial charge in [-0.3, -0.25) is 4.79 Å². The van der Waals surface area contributed by atoms with E-state index in [1.165, 1.54) is 3.57 Å². The van der Waals surface area contributed by atoms with E-state index in [1.807, 2.05) is 48.5 Å². The van der Waals surface area contributed by atoms with Gasteiger partial charge in [-0.2, -0.15) is 0 Å². The highest BCUT2D eigenvalue weighted by Gasteiger charge is 2.05. The van der Waals surface area contributed by atoms with E-state index in [2.05, 4.69) is 27.9 Å². The van der Waals surface area contributed by atoms with E-state index < -0.39 is 5.97 Å². The first-order valence-electron chi connectivity index (χ1n) is 5.93. The molecule has 4 heteroatoms. The number of hydrogen-bond donors (Lipinski definition) is 2. The van der Waals surface area contributed by atoms with E-state index in [4.69, 9.17) is 5.11 Å². The Morgan fingerprint density at radius 2 is 1.68 bits per heavy atom. The molecule has 2 aromatic carbocycles. The van der Waals surface area contributed by atoms with Gasteiger partial charge in [-0.05, 0) is 58.0 Å². The highest BCUT2D eigenvalue weighted by atomic mass is 127. The summed E-state index contributed by atoms with van der Waals surface area (Å²) in [4.78, 5) is 10.8. The summed E-state index contributed by atoms with van der Waals surface area (Å²) in [7, 11) is 0. The van der Waals surface area contributed by atoms with Crippen LogP contribution in [0.4, 0.5) is 5.69 Å². The molecule has 3 nitrogen and oxygen atoms in total. The van der Waals surface area contributed by atoms with Crippen LogP contribution in [0.5, 0.6) is 0 Å². The van der Waals surface area contributed by atoms with Crippen LogP contribution < -0.4 is 5.32 Å². The van der Waals surface area contributed by atoms with Gasteiger partial charge in [-0.25, -0.2) is 0 Å². The summed E-state index contributed by atoms with van der Waals surface area (Å²) in [5.74, 6) is -0.804. The Kier molecular flexibility index (Phi) is 4.79. The summed E-state index contributed by atoms with van der Waals surface area (Å²) < 4.78 is 1.19. The van der Waals surface area contributed by atoms with Crippen molar-refractivity contribution in [2.45, 2.75) is 13.0 Å². The van der Waals surface area contributed by atoms with Gasteiger partial charge in [0.15, 0.2) is 0 Å². The zero-order valence-electron chi connectivity index (χ0n) is 10.3. The summed E-state index contributed by atoms with van der Waals surface area (Å²) in [5, 5.41) is 12.2. The number of carboxylic acids is 1. The maximum Gasteiger partial charge on any atom is 0.307 e. The zero-order valence-corrected chi connectivity index (χ0v) is 12.4. The van der Waals surface area contributed by atoms with Crippen LogP contribution in [0.1, 0.15) is 11.1 Å². The lowest BCUT2D eigenvalue weighted by molar-refractivity contribution is -0.136. The van der Waals surface area contributed by atoms with Crippen molar-refractivity contribution < 1.29 is 9.90 Å². The van der Waals surface area contributed by atoms with Gasteiger partial charge in [0, 0.05) is 15.8 Å². The third-order valence-corrected chi connectivity index (χ3v) is 3.51. The number of anilines is 1. The molecule has 0 amide bonds. The number of benzene rings is 2. The van der Waals surface area contributed by atoms with Gasteiger partial charge < -0.3 is 10.4 Å². The number of hydrogen-bond acceptors (Lipinski definition) is 2. The fraction of sp³-hybridized carbons (Fsp3) is 0.133. The molecule has 0 saturated heterocycles. The molecule has 0 aliphatic heterocycles. The average molecular weight is 367 g/mol. The SMILES string of the molecule is O=C(O)Cc1ccccc1CNc1ccc(I)cc1. The molecule has 0 saturated carbocycles. The third kappa shape index (κ3) is 4.24. The zero-order chi connectivity index (χ0) is 13.7. The molecule has 0 aromatic heterocycles. The van der Waals surface area contributed by atoms with Crippen LogP contribution in [0.3, 0.4) is 0 Å². The number of rotatable bonds is 5. The first kappa shape index (κ1) is 13.9. The largest absolute Gasteiger partial charge is 0.481 e. The maximum absolute atomic E-state index is 10.8. The molecule has 0 spiro atoms. The van der Waals surface area contributed by atoms with Gasteiger partial charge >= 0.3 is 5.97 Å². The standard InChI is InChI=1S/C15H14INO2/c16-13-5-7-14(8-6-13)17-10-12-4-2-1-3-11(12)9-15(18)19/h1-8,17H,9-10H2,(H,18,19). The lowest BCUT2D eigenvalue weighted by Gasteiger charge is -2.10. The Morgan fingerprint density at radius 1 is 1.05 bits per heavy atom. The van der Waals surface area contributed by atoms with E-state index in [0.29, 0.717) is 6.54 Å². The van der Waals surface area contributed by atoms with Crippen LogP contribution in [-0.4, -0.2) is 11.1 Å². The van der Waals surface area contributed by atoms with Gasteiger partial charge in [0.1, 0.15) is 0 Å². The normalized spacial score (nSPS) is 10.2. The molecule has 19 heavy (non-hydrogen) atoms. The van der Waals surface area contributed by atoms with Crippen molar-refractivity contribution in [1.82, 2.24) is 0 Å². The van der Waals surface area contributed by atoms with E-state index in [0.717, 1.165) is 16.8 Å². The molecule has 0 heterocycles. The van der Waals surface area contributed by atoms with Gasteiger partial charge in [-0.1, -0.05) is 24.3 Å². The summed E-state index contributed by atoms with van der Waals surface area (Å²) >= 11 is 2.26. The highest BCUT2D eigenvalue weighted by Crippen LogP contribution is 2.15. The second-order valence-corrected chi connectivity index (χ2v) is 5.45. The molecule has 2 rings (SSSR count). The highest BCUT2D eigenvalue weighted by molar-refractivity contribution is 14.1. The molecular weight excluding hydrogens is 353 g/mol. The van der Waals surface area contributed by atoms with E-state index >= 15 is 0 Å². The monoisotopic (exact) mass is 367 g/mol. The van der Waals surface area contributed by atoms with Gasteiger partial charge in [0.2, 0.25) is 0 Å². The molecule has 0 aliphatic carbocycles. The van der Waals surface area contributed by atoms with Crippen LogP contribution in [0.25, 0.3) is 0 Å². The first-order chi connectivity index (χ1) is 9.15. The third-order valence-electron chi connectivity index (χ3n) is 2.79. The van der Waals surface area contributed by atoms with Crippen molar-refractivity contribution in [2.75, 3.05) is 5.32 Å². The van der Waals surface area contributed by atoms with E-state index in [9.17, 15) is 4.79 Å². The second-order valence-electron chi connectivity index (χ2n) is 4.20. The fourth-order valence-corrected chi connectivity index (χ4v) is 2.19. The predicted octanol–water partition coefficient (Wildman–Crippen LogP) is 3.53. The topological polar surface area (TPSA) is 49.3 Å². The molecule has 0 bridgehead atoms. The van der Waals surface area contributed by atoms with Crippen molar-refractivity contribution in [1.29, 1.82) is 0 Å². The summed E-state index contributed by atoms with van der Waals surface area (Å²) in [6.07, 6.45) is 0.0601. The molecule has 0 atom stereocenters. The van der Waals surface area contributed by atoms with Crippen molar-refractivity contribution in [3.63, 3.8) is 0 Å². The Labute approximate surface area is 125 Å². The van der Waals surface area contributed by atoms with Crippen molar-refractivity contribution in [3.8, 4) is 0 Å². The number of nitrogens with one attached hydrogen (secondary N) is 1. The fourth-order valence-electron chi connectivity index (χ4n) is 1.83. The van der Waals surface area contributed by atoms with Crippen molar-refractivity contribution in [3.05, 3.63) is 63.2 Å².